The fourth-order valence-electron chi connectivity index (χ4n) is 2.17. The third-order valence-corrected chi connectivity index (χ3v) is 6.06. The zero-order valence-electron chi connectivity index (χ0n) is 11.3. The van der Waals surface area contributed by atoms with Gasteiger partial charge in [-0.25, -0.2) is 8.42 Å². The van der Waals surface area contributed by atoms with Gasteiger partial charge in [-0.15, -0.1) is 0 Å². The summed E-state index contributed by atoms with van der Waals surface area (Å²) in [4.78, 5) is 4.04. The fraction of sp³-hybridized carbons (Fsp3) is 0.308. The van der Waals surface area contributed by atoms with Crippen LogP contribution in [0.15, 0.2) is 40.2 Å². The standard InChI is InChI=1S/C13H16N4O2S2/c14-16-12-3-5-15-7-13(12)21(18,19)17(11-1-2-11)8-10-4-6-20-9-10/h3-7,9,11H,1-2,8,14H2,(H,15,16). The highest BCUT2D eigenvalue weighted by Crippen LogP contribution is 2.35. The number of anilines is 1. The minimum Gasteiger partial charge on any atom is -0.323 e. The van der Waals surface area contributed by atoms with Crippen LogP contribution in [0.4, 0.5) is 5.69 Å². The molecule has 0 aromatic carbocycles. The molecule has 1 saturated carbocycles. The maximum atomic E-state index is 12.9. The van der Waals surface area contributed by atoms with E-state index in [1.807, 2.05) is 16.8 Å². The minimum atomic E-state index is -3.62. The van der Waals surface area contributed by atoms with Gasteiger partial charge >= 0.3 is 0 Å². The van der Waals surface area contributed by atoms with E-state index in [2.05, 4.69) is 10.4 Å². The van der Waals surface area contributed by atoms with Crippen molar-refractivity contribution in [2.75, 3.05) is 5.43 Å². The lowest BCUT2D eigenvalue weighted by Gasteiger charge is -2.22. The lowest BCUT2D eigenvalue weighted by Crippen LogP contribution is -2.33. The minimum absolute atomic E-state index is 0.0701. The molecule has 21 heavy (non-hydrogen) atoms. The molecule has 1 aliphatic rings. The van der Waals surface area contributed by atoms with Crippen molar-refractivity contribution in [1.82, 2.24) is 9.29 Å². The highest BCUT2D eigenvalue weighted by atomic mass is 32.2. The fourth-order valence-corrected chi connectivity index (χ4v) is 4.60. The second-order valence-electron chi connectivity index (χ2n) is 4.93. The Morgan fingerprint density at radius 1 is 1.43 bits per heavy atom. The molecule has 2 aromatic rings. The number of nitrogens with zero attached hydrogens (tertiary/aromatic N) is 2. The number of aromatic nitrogens is 1. The van der Waals surface area contributed by atoms with Crippen molar-refractivity contribution in [1.29, 1.82) is 0 Å². The highest BCUT2D eigenvalue weighted by molar-refractivity contribution is 7.89. The van der Waals surface area contributed by atoms with Crippen molar-refractivity contribution in [3.8, 4) is 0 Å². The van der Waals surface area contributed by atoms with Crippen LogP contribution in [0.1, 0.15) is 18.4 Å². The van der Waals surface area contributed by atoms with Gasteiger partial charge in [-0.1, -0.05) is 0 Å². The van der Waals surface area contributed by atoms with E-state index in [9.17, 15) is 8.42 Å². The van der Waals surface area contributed by atoms with Crippen molar-refractivity contribution in [2.45, 2.75) is 30.3 Å². The third-order valence-electron chi connectivity index (χ3n) is 3.40. The molecule has 2 heterocycles. The van der Waals surface area contributed by atoms with E-state index >= 15 is 0 Å². The molecule has 3 rings (SSSR count). The molecule has 0 bridgehead atoms. The van der Waals surface area contributed by atoms with Gasteiger partial charge in [-0.2, -0.15) is 15.6 Å². The Balaban J connectivity index is 1.97. The monoisotopic (exact) mass is 324 g/mol. The molecule has 112 valence electrons. The summed E-state index contributed by atoms with van der Waals surface area (Å²) < 4.78 is 27.4. The van der Waals surface area contributed by atoms with E-state index in [1.165, 1.54) is 12.4 Å². The Hall–Kier alpha value is -1.48. The summed E-state index contributed by atoms with van der Waals surface area (Å²) in [5.74, 6) is 5.42. The summed E-state index contributed by atoms with van der Waals surface area (Å²) >= 11 is 1.56. The van der Waals surface area contributed by atoms with Gasteiger partial charge in [-0.05, 0) is 41.3 Å². The number of rotatable bonds is 6. The van der Waals surface area contributed by atoms with Crippen LogP contribution in [0.5, 0.6) is 0 Å². The summed E-state index contributed by atoms with van der Waals surface area (Å²) in [5, 5.41) is 3.92. The summed E-state index contributed by atoms with van der Waals surface area (Å²) in [6.45, 7) is 0.384. The van der Waals surface area contributed by atoms with E-state index < -0.39 is 10.0 Å². The van der Waals surface area contributed by atoms with Gasteiger partial charge in [0, 0.05) is 25.0 Å². The first-order chi connectivity index (χ1) is 10.1. The van der Waals surface area contributed by atoms with Gasteiger partial charge in [0.05, 0.1) is 5.69 Å². The van der Waals surface area contributed by atoms with Crippen molar-refractivity contribution >= 4 is 27.0 Å². The zero-order valence-corrected chi connectivity index (χ0v) is 12.9. The number of sulfonamides is 1. The Bertz CT molecular complexity index is 712. The molecule has 1 fully saturated rings. The predicted molar refractivity (Wildman–Crippen MR) is 82.1 cm³/mol. The van der Waals surface area contributed by atoms with E-state index in [0.717, 1.165) is 18.4 Å². The smallest absolute Gasteiger partial charge is 0.247 e. The Morgan fingerprint density at radius 3 is 2.86 bits per heavy atom. The number of hydrazine groups is 1. The molecule has 0 unspecified atom stereocenters. The maximum Gasteiger partial charge on any atom is 0.247 e. The Labute approximate surface area is 127 Å². The average Bonchev–Trinajstić information content (AvgIpc) is 3.20. The molecule has 3 N–H and O–H groups in total. The first-order valence-electron chi connectivity index (χ1n) is 6.56. The van der Waals surface area contributed by atoms with Crippen LogP contribution in [0.25, 0.3) is 0 Å². The normalized spacial score (nSPS) is 15.3. The van der Waals surface area contributed by atoms with Gasteiger partial charge in [-0.3, -0.25) is 10.8 Å². The van der Waals surface area contributed by atoms with E-state index in [-0.39, 0.29) is 10.9 Å². The van der Waals surface area contributed by atoms with Crippen LogP contribution < -0.4 is 11.3 Å². The molecule has 8 heteroatoms. The number of nitrogen functional groups attached to an aromatic ring is 1. The lowest BCUT2D eigenvalue weighted by atomic mass is 10.3. The topological polar surface area (TPSA) is 88.3 Å². The molecule has 0 amide bonds. The molecule has 0 aliphatic heterocycles. The summed E-state index contributed by atoms with van der Waals surface area (Å²) in [5.41, 5.74) is 3.79. The van der Waals surface area contributed by atoms with Crippen LogP contribution in [0.3, 0.4) is 0 Å². The van der Waals surface area contributed by atoms with Gasteiger partial charge < -0.3 is 5.43 Å². The van der Waals surface area contributed by atoms with Gasteiger partial charge in [0.25, 0.3) is 0 Å². The molecule has 0 radical (unpaired) electrons. The van der Waals surface area contributed by atoms with Crippen LogP contribution in [-0.4, -0.2) is 23.7 Å². The second-order valence-corrected chi connectivity index (χ2v) is 7.57. The molecule has 0 saturated heterocycles. The number of thiophene rings is 1. The summed E-state index contributed by atoms with van der Waals surface area (Å²) in [6.07, 6.45) is 4.64. The van der Waals surface area contributed by atoms with E-state index in [0.29, 0.717) is 12.2 Å². The molecular formula is C13H16N4O2S2. The molecule has 0 atom stereocenters. The number of pyridine rings is 1. The molecule has 6 nitrogen and oxygen atoms in total. The zero-order chi connectivity index (χ0) is 14.9. The number of nitrogens with one attached hydrogen (secondary N) is 1. The quantitative estimate of drug-likeness (QED) is 0.624. The van der Waals surface area contributed by atoms with E-state index in [1.54, 1.807) is 21.7 Å². The second kappa shape index (κ2) is 5.72. The predicted octanol–water partition coefficient (Wildman–Crippen LogP) is 1.78. The molecule has 0 spiro atoms. The average molecular weight is 324 g/mol. The summed E-state index contributed by atoms with van der Waals surface area (Å²) in [7, 11) is -3.62. The largest absolute Gasteiger partial charge is 0.323 e. The lowest BCUT2D eigenvalue weighted by molar-refractivity contribution is 0.399. The Morgan fingerprint density at radius 2 is 2.24 bits per heavy atom. The van der Waals surface area contributed by atoms with Gasteiger partial charge in [0.1, 0.15) is 4.90 Å². The molecule has 1 aliphatic carbocycles. The first kappa shape index (κ1) is 14.5. The van der Waals surface area contributed by atoms with E-state index in [4.69, 9.17) is 5.84 Å². The van der Waals surface area contributed by atoms with Crippen molar-refractivity contribution in [3.05, 3.63) is 40.8 Å². The van der Waals surface area contributed by atoms with Crippen LogP contribution in [0.2, 0.25) is 0 Å². The van der Waals surface area contributed by atoms with Crippen LogP contribution in [-0.2, 0) is 16.6 Å². The number of hydrogen-bond acceptors (Lipinski definition) is 6. The van der Waals surface area contributed by atoms with Crippen LogP contribution in [0, 0.1) is 0 Å². The molecule has 2 aromatic heterocycles. The molecular weight excluding hydrogens is 308 g/mol. The summed E-state index contributed by atoms with van der Waals surface area (Å²) in [6, 6.07) is 3.57. The van der Waals surface area contributed by atoms with Crippen molar-refractivity contribution in [3.63, 3.8) is 0 Å². The van der Waals surface area contributed by atoms with Crippen molar-refractivity contribution in [2.24, 2.45) is 5.84 Å². The first-order valence-corrected chi connectivity index (χ1v) is 8.95. The highest BCUT2D eigenvalue weighted by Gasteiger charge is 2.39. The third kappa shape index (κ3) is 2.93. The Kier molecular flexibility index (Phi) is 3.94. The van der Waals surface area contributed by atoms with Crippen LogP contribution >= 0.6 is 11.3 Å². The van der Waals surface area contributed by atoms with Gasteiger partial charge in [0.15, 0.2) is 0 Å². The number of nitrogens with two attached hydrogens (primary N) is 1. The SMILES string of the molecule is NNc1ccncc1S(=O)(=O)N(Cc1ccsc1)C1CC1. The van der Waals surface area contributed by atoms with Crippen molar-refractivity contribution < 1.29 is 8.42 Å². The van der Waals surface area contributed by atoms with Gasteiger partial charge in [0.2, 0.25) is 10.0 Å². The number of hydrogen-bond donors (Lipinski definition) is 2. The maximum absolute atomic E-state index is 12.9.